The number of esters is 1. The lowest BCUT2D eigenvalue weighted by Crippen LogP contribution is -2.15. The number of benzene rings is 1. The summed E-state index contributed by atoms with van der Waals surface area (Å²) < 4.78 is 27.7. The largest absolute Gasteiger partial charge is 0.468 e. The highest BCUT2D eigenvalue weighted by Crippen LogP contribution is 2.30. The summed E-state index contributed by atoms with van der Waals surface area (Å²) in [7, 11) is -1.98. The van der Waals surface area contributed by atoms with Crippen molar-refractivity contribution < 1.29 is 17.9 Å². The number of thioether (sulfide) groups is 1. The maximum absolute atomic E-state index is 11.5. The second kappa shape index (κ2) is 5.55. The van der Waals surface area contributed by atoms with Crippen LogP contribution in [0.2, 0.25) is 0 Å². The Morgan fingerprint density at radius 2 is 1.94 bits per heavy atom. The summed E-state index contributed by atoms with van der Waals surface area (Å²) in [5.74, 6) is -0.377. The lowest BCUT2D eigenvalue weighted by atomic mass is 10.4. The summed E-state index contributed by atoms with van der Waals surface area (Å²) >= 11 is 1.18. The normalized spacial score (nSPS) is 13.1. The van der Waals surface area contributed by atoms with Crippen LogP contribution in [0.5, 0.6) is 0 Å². The summed E-state index contributed by atoms with van der Waals surface area (Å²) in [5, 5.41) is -0.442. The second-order valence-corrected chi connectivity index (χ2v) is 6.87. The third kappa shape index (κ3) is 3.74. The number of methoxy groups -OCH3 is 1. The molecule has 0 spiro atoms. The smallest absolute Gasteiger partial charge is 0.318 e. The molecule has 1 aromatic rings. The highest BCUT2D eigenvalue weighted by Gasteiger charge is 2.19. The minimum atomic E-state index is -3.28. The van der Waals surface area contributed by atoms with E-state index in [0.717, 1.165) is 6.26 Å². The van der Waals surface area contributed by atoms with E-state index in [4.69, 9.17) is 0 Å². The Balaban J connectivity index is 3.04. The molecule has 4 nitrogen and oxygen atoms in total. The first-order chi connectivity index (χ1) is 7.86. The van der Waals surface area contributed by atoms with Gasteiger partial charge in [0.2, 0.25) is 0 Å². The van der Waals surface area contributed by atoms with Gasteiger partial charge in [-0.2, -0.15) is 0 Å². The minimum absolute atomic E-state index is 0.237. The van der Waals surface area contributed by atoms with Gasteiger partial charge in [0.1, 0.15) is 5.25 Å². The molecule has 0 amide bonds. The molecule has 0 fully saturated rings. The van der Waals surface area contributed by atoms with Crippen LogP contribution >= 0.6 is 11.8 Å². The summed E-state index contributed by atoms with van der Waals surface area (Å²) in [6, 6.07) is 6.60. The molecule has 0 heterocycles. The van der Waals surface area contributed by atoms with E-state index in [-0.39, 0.29) is 10.9 Å². The van der Waals surface area contributed by atoms with Crippen molar-refractivity contribution in [2.75, 3.05) is 13.4 Å². The highest BCUT2D eigenvalue weighted by atomic mass is 32.2. The molecule has 0 saturated carbocycles. The number of carbonyl (C=O) groups excluding carboxylic acids is 1. The van der Waals surface area contributed by atoms with Crippen molar-refractivity contribution in [1.29, 1.82) is 0 Å². The highest BCUT2D eigenvalue weighted by molar-refractivity contribution is 8.01. The maximum atomic E-state index is 11.5. The first-order valence-electron chi connectivity index (χ1n) is 4.90. The molecule has 0 bridgehead atoms. The van der Waals surface area contributed by atoms with Gasteiger partial charge in [-0.15, -0.1) is 11.8 Å². The zero-order chi connectivity index (χ0) is 13.1. The van der Waals surface area contributed by atoms with Crippen molar-refractivity contribution in [2.24, 2.45) is 0 Å². The van der Waals surface area contributed by atoms with Crippen LogP contribution < -0.4 is 0 Å². The number of rotatable bonds is 4. The quantitative estimate of drug-likeness (QED) is 0.618. The fourth-order valence-electron chi connectivity index (χ4n) is 1.26. The first kappa shape index (κ1) is 14.1. The van der Waals surface area contributed by atoms with Gasteiger partial charge < -0.3 is 4.74 Å². The van der Waals surface area contributed by atoms with Gasteiger partial charge in [-0.05, 0) is 19.1 Å². The number of sulfone groups is 1. The molecule has 0 radical (unpaired) electrons. The predicted molar refractivity (Wildman–Crippen MR) is 66.9 cm³/mol. The third-order valence-electron chi connectivity index (χ3n) is 2.09. The molecule has 0 aliphatic rings. The van der Waals surface area contributed by atoms with Crippen molar-refractivity contribution in [3.8, 4) is 0 Å². The molecule has 0 saturated heterocycles. The molecule has 6 heteroatoms. The van der Waals surface area contributed by atoms with Crippen LogP contribution in [0.1, 0.15) is 6.92 Å². The summed E-state index contributed by atoms with van der Waals surface area (Å²) in [6.07, 6.45) is 1.15. The Morgan fingerprint density at radius 1 is 1.35 bits per heavy atom. The Kier molecular flexibility index (Phi) is 4.59. The van der Waals surface area contributed by atoms with Gasteiger partial charge in [-0.3, -0.25) is 4.79 Å². The summed E-state index contributed by atoms with van der Waals surface area (Å²) in [6.45, 7) is 1.68. The fraction of sp³-hybridized carbons (Fsp3) is 0.364. The van der Waals surface area contributed by atoms with E-state index < -0.39 is 15.1 Å². The number of hydrogen-bond acceptors (Lipinski definition) is 5. The maximum Gasteiger partial charge on any atom is 0.318 e. The van der Waals surface area contributed by atoms with Crippen LogP contribution in [0.15, 0.2) is 34.1 Å². The standard InChI is InChI=1S/C11H14O4S2/c1-8(11(12)15-2)16-9-6-4-5-7-10(9)17(3,13)14/h4-8H,1-3H3. The molecule has 1 rings (SSSR count). The van der Waals surface area contributed by atoms with Gasteiger partial charge in [0.05, 0.1) is 12.0 Å². The van der Waals surface area contributed by atoms with Gasteiger partial charge >= 0.3 is 5.97 Å². The molecule has 1 atom stereocenters. The molecule has 94 valence electrons. The minimum Gasteiger partial charge on any atom is -0.468 e. The molecule has 1 unspecified atom stereocenters. The van der Waals surface area contributed by atoms with E-state index in [2.05, 4.69) is 4.74 Å². The van der Waals surface area contributed by atoms with E-state index in [1.165, 1.54) is 24.9 Å². The van der Waals surface area contributed by atoms with Crippen LogP contribution in [0.3, 0.4) is 0 Å². The second-order valence-electron chi connectivity index (χ2n) is 3.50. The van der Waals surface area contributed by atoms with Crippen LogP contribution in [0, 0.1) is 0 Å². The van der Waals surface area contributed by atoms with Gasteiger partial charge in [0.25, 0.3) is 0 Å². The predicted octanol–water partition coefficient (Wildman–Crippen LogP) is 1.74. The van der Waals surface area contributed by atoms with E-state index in [1.54, 1.807) is 25.1 Å². The van der Waals surface area contributed by atoms with Gasteiger partial charge in [0, 0.05) is 11.2 Å². The molecule has 0 aromatic heterocycles. The Morgan fingerprint density at radius 3 is 2.47 bits per heavy atom. The van der Waals surface area contributed by atoms with Crippen LogP contribution in [0.25, 0.3) is 0 Å². The van der Waals surface area contributed by atoms with Crippen LogP contribution in [0.4, 0.5) is 0 Å². The van der Waals surface area contributed by atoms with E-state index in [0.29, 0.717) is 4.90 Å². The van der Waals surface area contributed by atoms with Crippen molar-refractivity contribution in [2.45, 2.75) is 22.0 Å². The first-order valence-corrected chi connectivity index (χ1v) is 7.67. The lowest BCUT2D eigenvalue weighted by Gasteiger charge is -2.11. The summed E-state index contributed by atoms with van der Waals surface area (Å²) in [4.78, 5) is 12.1. The Labute approximate surface area is 105 Å². The molecular formula is C11H14O4S2. The average molecular weight is 274 g/mol. The van der Waals surface area contributed by atoms with Crippen molar-refractivity contribution >= 4 is 27.6 Å². The van der Waals surface area contributed by atoms with E-state index >= 15 is 0 Å². The zero-order valence-corrected chi connectivity index (χ0v) is 11.5. The van der Waals surface area contributed by atoms with E-state index in [1.807, 2.05) is 0 Å². The third-order valence-corrected chi connectivity index (χ3v) is 4.53. The molecule has 1 aromatic carbocycles. The molecule has 0 aliphatic heterocycles. The number of carbonyl (C=O) groups is 1. The number of ether oxygens (including phenoxy) is 1. The van der Waals surface area contributed by atoms with Crippen molar-refractivity contribution in [1.82, 2.24) is 0 Å². The lowest BCUT2D eigenvalue weighted by molar-refractivity contribution is -0.139. The molecule has 0 N–H and O–H groups in total. The van der Waals surface area contributed by atoms with Gasteiger partial charge in [0.15, 0.2) is 9.84 Å². The fourth-order valence-corrected chi connectivity index (χ4v) is 3.53. The zero-order valence-electron chi connectivity index (χ0n) is 9.84. The van der Waals surface area contributed by atoms with Gasteiger partial charge in [-0.25, -0.2) is 8.42 Å². The number of hydrogen-bond donors (Lipinski definition) is 0. The average Bonchev–Trinajstić information content (AvgIpc) is 2.27. The van der Waals surface area contributed by atoms with Gasteiger partial charge in [-0.1, -0.05) is 12.1 Å². The van der Waals surface area contributed by atoms with Crippen LogP contribution in [-0.4, -0.2) is 33.0 Å². The molecular weight excluding hydrogens is 260 g/mol. The van der Waals surface area contributed by atoms with Crippen LogP contribution in [-0.2, 0) is 19.4 Å². The van der Waals surface area contributed by atoms with Crippen molar-refractivity contribution in [3.63, 3.8) is 0 Å². The monoisotopic (exact) mass is 274 g/mol. The Bertz CT molecular complexity index is 508. The summed E-state index contributed by atoms with van der Waals surface area (Å²) in [5.41, 5.74) is 0. The Hall–Kier alpha value is -1.01. The van der Waals surface area contributed by atoms with E-state index in [9.17, 15) is 13.2 Å². The van der Waals surface area contributed by atoms with Crippen molar-refractivity contribution in [3.05, 3.63) is 24.3 Å². The SMILES string of the molecule is COC(=O)C(C)Sc1ccccc1S(C)(=O)=O. The molecule has 0 aliphatic carbocycles. The molecule has 17 heavy (non-hydrogen) atoms. The topological polar surface area (TPSA) is 60.4 Å².